The van der Waals surface area contributed by atoms with Crippen LogP contribution in [0, 0.1) is 0 Å². The molecule has 0 amide bonds. The smallest absolute Gasteiger partial charge is 0.131 e. The van der Waals surface area contributed by atoms with E-state index >= 15 is 0 Å². The fourth-order valence-corrected chi connectivity index (χ4v) is 3.15. The number of rotatable bonds is 4. The Morgan fingerprint density at radius 1 is 1.33 bits per heavy atom. The van der Waals surface area contributed by atoms with E-state index in [1.807, 2.05) is 25.1 Å². The summed E-state index contributed by atoms with van der Waals surface area (Å²) in [6, 6.07) is 6.04. The Morgan fingerprint density at radius 2 is 2.14 bits per heavy atom. The lowest BCUT2D eigenvalue weighted by atomic mass is 9.88. The molecule has 2 N–H and O–H groups in total. The third kappa shape index (κ3) is 2.92. The van der Waals surface area contributed by atoms with Crippen LogP contribution < -0.4 is 15.2 Å². The highest BCUT2D eigenvalue weighted by molar-refractivity contribution is 5.67. The lowest BCUT2D eigenvalue weighted by Crippen LogP contribution is -2.48. The van der Waals surface area contributed by atoms with Crippen molar-refractivity contribution in [2.45, 2.75) is 25.4 Å². The molecule has 1 spiro atoms. The molecular formula is C17H24N2O2. The van der Waals surface area contributed by atoms with Gasteiger partial charge in [0.05, 0.1) is 12.2 Å². The number of benzene rings is 1. The molecule has 21 heavy (non-hydrogen) atoms. The second-order valence-corrected chi connectivity index (χ2v) is 5.73. The van der Waals surface area contributed by atoms with Crippen molar-refractivity contribution in [1.29, 1.82) is 0 Å². The van der Waals surface area contributed by atoms with Crippen molar-refractivity contribution in [3.05, 3.63) is 29.8 Å². The van der Waals surface area contributed by atoms with Gasteiger partial charge in [-0.25, -0.2) is 0 Å². The molecule has 0 radical (unpaired) electrons. The summed E-state index contributed by atoms with van der Waals surface area (Å²) in [4.78, 5) is 2.41. The first-order valence-corrected chi connectivity index (χ1v) is 7.83. The van der Waals surface area contributed by atoms with Gasteiger partial charge >= 0.3 is 0 Å². The fourth-order valence-electron chi connectivity index (χ4n) is 3.15. The van der Waals surface area contributed by atoms with Crippen LogP contribution in [-0.2, 0) is 0 Å². The molecule has 4 heteroatoms. The number of hydrogen-bond donors (Lipinski definition) is 1. The maximum absolute atomic E-state index is 6.35. The Hall–Kier alpha value is -1.52. The molecule has 4 nitrogen and oxygen atoms in total. The summed E-state index contributed by atoms with van der Waals surface area (Å²) in [5.41, 5.74) is 6.55. The van der Waals surface area contributed by atoms with E-state index in [0.717, 1.165) is 56.1 Å². The van der Waals surface area contributed by atoms with E-state index in [-0.39, 0.29) is 5.60 Å². The lowest BCUT2D eigenvalue weighted by molar-refractivity contribution is 0.0396. The first-order valence-electron chi connectivity index (χ1n) is 7.83. The van der Waals surface area contributed by atoms with Gasteiger partial charge in [0.1, 0.15) is 17.1 Å². The van der Waals surface area contributed by atoms with Crippen LogP contribution in [0.4, 0.5) is 0 Å². The highest BCUT2D eigenvalue weighted by Gasteiger charge is 2.36. The van der Waals surface area contributed by atoms with Gasteiger partial charge < -0.3 is 20.1 Å². The quantitative estimate of drug-likeness (QED) is 0.923. The van der Waals surface area contributed by atoms with Gasteiger partial charge in [-0.3, -0.25) is 0 Å². The van der Waals surface area contributed by atoms with Crippen LogP contribution >= 0.6 is 0 Å². The van der Waals surface area contributed by atoms with Crippen molar-refractivity contribution in [3.8, 4) is 11.5 Å². The molecular weight excluding hydrogens is 264 g/mol. The van der Waals surface area contributed by atoms with Crippen LogP contribution in [0.1, 0.15) is 25.3 Å². The number of piperidine rings is 1. The van der Waals surface area contributed by atoms with Crippen LogP contribution in [0.25, 0.3) is 6.08 Å². The second-order valence-electron chi connectivity index (χ2n) is 5.73. The molecule has 0 saturated carbocycles. The van der Waals surface area contributed by atoms with Crippen molar-refractivity contribution in [2.24, 2.45) is 5.73 Å². The highest BCUT2D eigenvalue weighted by Crippen LogP contribution is 2.40. The average Bonchev–Trinajstić information content (AvgIpc) is 2.50. The van der Waals surface area contributed by atoms with E-state index in [9.17, 15) is 0 Å². The summed E-state index contributed by atoms with van der Waals surface area (Å²) in [5, 5.41) is 0. The van der Waals surface area contributed by atoms with Gasteiger partial charge in [0.2, 0.25) is 0 Å². The molecule has 0 aliphatic carbocycles. The number of nitrogens with two attached hydrogens (primary N) is 1. The van der Waals surface area contributed by atoms with Gasteiger partial charge in [-0.05, 0) is 31.2 Å². The summed E-state index contributed by atoms with van der Waals surface area (Å²) >= 11 is 0. The van der Waals surface area contributed by atoms with Gasteiger partial charge in [0.25, 0.3) is 0 Å². The zero-order valence-corrected chi connectivity index (χ0v) is 12.7. The summed E-state index contributed by atoms with van der Waals surface area (Å²) in [7, 11) is 0. The molecule has 0 bridgehead atoms. The Morgan fingerprint density at radius 3 is 2.86 bits per heavy atom. The average molecular weight is 288 g/mol. The maximum atomic E-state index is 6.35. The van der Waals surface area contributed by atoms with Crippen molar-refractivity contribution < 1.29 is 9.47 Å². The molecule has 3 rings (SSSR count). The van der Waals surface area contributed by atoms with E-state index in [1.165, 1.54) is 0 Å². The summed E-state index contributed by atoms with van der Waals surface area (Å²) in [5.74, 6) is 1.84. The summed E-state index contributed by atoms with van der Waals surface area (Å²) in [6.07, 6.45) is 6.42. The highest BCUT2D eigenvalue weighted by atomic mass is 16.5. The van der Waals surface area contributed by atoms with E-state index in [2.05, 4.69) is 17.1 Å². The van der Waals surface area contributed by atoms with Gasteiger partial charge in [0, 0.05) is 39.0 Å². The Kier molecular flexibility index (Phi) is 4.17. The van der Waals surface area contributed by atoms with Gasteiger partial charge in [-0.15, -0.1) is 0 Å². The van der Waals surface area contributed by atoms with E-state index in [4.69, 9.17) is 15.2 Å². The Bertz CT molecular complexity index is 520. The fraction of sp³-hybridized carbons (Fsp3) is 0.529. The molecule has 2 aliphatic heterocycles. The van der Waals surface area contributed by atoms with Crippen molar-refractivity contribution in [2.75, 3.05) is 32.8 Å². The van der Waals surface area contributed by atoms with Gasteiger partial charge in [-0.2, -0.15) is 0 Å². The minimum atomic E-state index is -0.150. The van der Waals surface area contributed by atoms with Crippen LogP contribution in [0.2, 0.25) is 0 Å². The molecule has 0 unspecified atom stereocenters. The third-order valence-corrected chi connectivity index (χ3v) is 4.34. The number of fused-ring (bicyclic) bond motifs is 1. The van der Waals surface area contributed by atoms with Crippen LogP contribution in [-0.4, -0.2) is 43.3 Å². The van der Waals surface area contributed by atoms with Crippen molar-refractivity contribution >= 4 is 6.08 Å². The topological polar surface area (TPSA) is 47.7 Å². The first-order chi connectivity index (χ1) is 10.3. The maximum Gasteiger partial charge on any atom is 0.131 e. The normalized spacial score (nSPS) is 20.1. The predicted molar refractivity (Wildman–Crippen MR) is 84.7 cm³/mol. The molecule has 1 saturated heterocycles. The SMILES string of the molecule is CCOc1cccc2c1C=CC1(CCN(CCN)CC1)O2. The number of nitrogens with zero attached hydrogens (tertiary/aromatic N) is 1. The molecule has 1 aromatic rings. The number of likely N-dealkylation sites (tertiary alicyclic amines) is 1. The second kappa shape index (κ2) is 6.08. The van der Waals surface area contributed by atoms with Crippen LogP contribution in [0.5, 0.6) is 11.5 Å². The predicted octanol–water partition coefficient (Wildman–Crippen LogP) is 2.28. The van der Waals surface area contributed by atoms with Crippen LogP contribution in [0.15, 0.2) is 24.3 Å². The number of hydrogen-bond acceptors (Lipinski definition) is 4. The molecule has 0 aromatic heterocycles. The van der Waals surface area contributed by atoms with Crippen molar-refractivity contribution in [3.63, 3.8) is 0 Å². The van der Waals surface area contributed by atoms with E-state index in [0.29, 0.717) is 6.61 Å². The zero-order valence-electron chi connectivity index (χ0n) is 12.7. The Labute approximate surface area is 126 Å². The van der Waals surface area contributed by atoms with Gasteiger partial charge in [-0.1, -0.05) is 6.07 Å². The first kappa shape index (κ1) is 14.4. The monoisotopic (exact) mass is 288 g/mol. The standard InChI is InChI=1S/C17H24N2O2/c1-2-20-15-4-3-5-16-14(15)6-7-17(21-16)8-11-19(12-9-17)13-10-18/h3-7H,2,8-13,18H2,1H3. The number of ether oxygens (including phenoxy) is 2. The van der Waals surface area contributed by atoms with E-state index < -0.39 is 0 Å². The van der Waals surface area contributed by atoms with Gasteiger partial charge in [0.15, 0.2) is 0 Å². The summed E-state index contributed by atoms with van der Waals surface area (Å²) in [6.45, 7) is 6.46. The third-order valence-electron chi connectivity index (χ3n) is 4.34. The molecule has 1 fully saturated rings. The van der Waals surface area contributed by atoms with Crippen LogP contribution in [0.3, 0.4) is 0 Å². The summed E-state index contributed by atoms with van der Waals surface area (Å²) < 4.78 is 12.0. The molecule has 114 valence electrons. The van der Waals surface area contributed by atoms with Crippen molar-refractivity contribution in [1.82, 2.24) is 4.90 Å². The lowest BCUT2D eigenvalue weighted by Gasteiger charge is -2.42. The zero-order chi connectivity index (χ0) is 14.7. The molecule has 2 heterocycles. The van der Waals surface area contributed by atoms with E-state index in [1.54, 1.807) is 0 Å². The molecule has 0 atom stereocenters. The largest absolute Gasteiger partial charge is 0.493 e. The minimum absolute atomic E-state index is 0.150. The molecule has 1 aromatic carbocycles. The Balaban J connectivity index is 1.76. The minimum Gasteiger partial charge on any atom is -0.493 e. The molecule has 2 aliphatic rings.